The maximum Gasteiger partial charge on any atom is 0.231 e. The van der Waals surface area contributed by atoms with Crippen LogP contribution in [0.25, 0.3) is 0 Å². The third kappa shape index (κ3) is 5.58. The Morgan fingerprint density at radius 2 is 1.60 bits per heavy atom. The quantitative estimate of drug-likeness (QED) is 0.555. The van der Waals surface area contributed by atoms with Crippen molar-refractivity contribution >= 4 is 38.7 Å². The number of rotatable bonds is 6. The average Bonchev–Trinajstić information content (AvgIpc) is 2.71. The molecule has 0 radical (unpaired) electrons. The average molecular weight is 440 g/mol. The SMILES string of the molecule is Cc1cccc(C(NC(=S)Nc2cccc(N(C)S(C)(=O)=O)c2)c2ccccc2)c1. The minimum absolute atomic E-state index is 0.118. The van der Waals surface area contributed by atoms with Gasteiger partial charge in [-0.15, -0.1) is 0 Å². The standard InChI is InChI=1S/C23H25N3O2S2/c1-17-9-7-12-19(15-17)22(18-10-5-4-6-11-18)25-23(29)24-20-13-8-14-21(16-20)26(2)30(3,27)28/h4-16,22H,1-3H3,(H2,24,25,29). The lowest BCUT2D eigenvalue weighted by atomic mass is 9.97. The van der Waals surface area contributed by atoms with Crippen molar-refractivity contribution in [1.82, 2.24) is 5.32 Å². The van der Waals surface area contributed by atoms with E-state index >= 15 is 0 Å². The van der Waals surface area contributed by atoms with Crippen molar-refractivity contribution < 1.29 is 8.42 Å². The molecule has 30 heavy (non-hydrogen) atoms. The van der Waals surface area contributed by atoms with Gasteiger partial charge in [-0.05, 0) is 48.5 Å². The van der Waals surface area contributed by atoms with Gasteiger partial charge in [0.2, 0.25) is 10.0 Å². The molecule has 0 saturated heterocycles. The van der Waals surface area contributed by atoms with Gasteiger partial charge in [0.15, 0.2) is 5.11 Å². The largest absolute Gasteiger partial charge is 0.352 e. The lowest BCUT2D eigenvalue weighted by molar-refractivity contribution is 0.600. The Morgan fingerprint density at radius 3 is 2.27 bits per heavy atom. The molecule has 5 nitrogen and oxygen atoms in total. The zero-order valence-electron chi connectivity index (χ0n) is 17.2. The molecule has 1 unspecified atom stereocenters. The Hall–Kier alpha value is -2.90. The molecule has 2 N–H and O–H groups in total. The summed E-state index contributed by atoms with van der Waals surface area (Å²) in [6.07, 6.45) is 1.17. The minimum atomic E-state index is -3.34. The number of thiocarbonyl (C=S) groups is 1. The molecule has 0 fully saturated rings. The normalized spacial score (nSPS) is 12.1. The topological polar surface area (TPSA) is 61.4 Å². The van der Waals surface area contributed by atoms with Crippen LogP contribution in [0, 0.1) is 6.92 Å². The molecule has 3 rings (SSSR count). The van der Waals surface area contributed by atoms with Crippen molar-refractivity contribution in [1.29, 1.82) is 0 Å². The van der Waals surface area contributed by atoms with Gasteiger partial charge in [0.25, 0.3) is 0 Å². The maximum atomic E-state index is 11.8. The molecule has 0 amide bonds. The molecule has 0 aromatic heterocycles. The number of hydrogen-bond acceptors (Lipinski definition) is 3. The zero-order valence-corrected chi connectivity index (χ0v) is 18.8. The highest BCUT2D eigenvalue weighted by atomic mass is 32.2. The molecule has 3 aromatic rings. The zero-order chi connectivity index (χ0) is 21.7. The fraction of sp³-hybridized carbons (Fsp3) is 0.174. The molecule has 0 spiro atoms. The Balaban J connectivity index is 1.82. The Morgan fingerprint density at radius 1 is 0.933 bits per heavy atom. The Labute approximate surface area is 183 Å². The molecule has 0 heterocycles. The van der Waals surface area contributed by atoms with Gasteiger partial charge in [-0.3, -0.25) is 4.31 Å². The van der Waals surface area contributed by atoms with Gasteiger partial charge in [0.05, 0.1) is 18.0 Å². The predicted octanol–water partition coefficient (Wildman–Crippen LogP) is 4.47. The highest BCUT2D eigenvalue weighted by molar-refractivity contribution is 7.92. The van der Waals surface area contributed by atoms with Crippen molar-refractivity contribution in [3.63, 3.8) is 0 Å². The molecule has 0 aliphatic heterocycles. The number of nitrogens with zero attached hydrogens (tertiary/aromatic N) is 1. The van der Waals surface area contributed by atoms with Crippen molar-refractivity contribution in [2.24, 2.45) is 0 Å². The van der Waals surface area contributed by atoms with Crippen LogP contribution < -0.4 is 14.9 Å². The Bertz CT molecular complexity index is 1130. The third-order valence-electron chi connectivity index (χ3n) is 4.75. The number of aryl methyl sites for hydroxylation is 1. The van der Waals surface area contributed by atoms with E-state index in [-0.39, 0.29) is 6.04 Å². The third-order valence-corrected chi connectivity index (χ3v) is 6.17. The first-order chi connectivity index (χ1) is 14.2. The van der Waals surface area contributed by atoms with Crippen molar-refractivity contribution in [2.45, 2.75) is 13.0 Å². The van der Waals surface area contributed by atoms with E-state index in [4.69, 9.17) is 12.2 Å². The number of nitrogens with one attached hydrogen (secondary N) is 2. The van der Waals surface area contributed by atoms with Crippen LogP contribution >= 0.6 is 12.2 Å². The van der Waals surface area contributed by atoms with Gasteiger partial charge in [0.1, 0.15) is 0 Å². The molecule has 156 valence electrons. The van der Waals surface area contributed by atoms with E-state index in [0.717, 1.165) is 11.1 Å². The van der Waals surface area contributed by atoms with E-state index < -0.39 is 10.0 Å². The summed E-state index contributed by atoms with van der Waals surface area (Å²) in [5, 5.41) is 7.01. The number of benzene rings is 3. The molecule has 7 heteroatoms. The van der Waals surface area contributed by atoms with E-state index in [1.165, 1.54) is 23.2 Å². The van der Waals surface area contributed by atoms with Gasteiger partial charge in [-0.2, -0.15) is 0 Å². The molecule has 0 bridgehead atoms. The van der Waals surface area contributed by atoms with Crippen LogP contribution in [-0.4, -0.2) is 26.8 Å². The minimum Gasteiger partial charge on any atom is -0.352 e. The highest BCUT2D eigenvalue weighted by Crippen LogP contribution is 2.24. The Kier molecular flexibility index (Phi) is 6.74. The van der Waals surface area contributed by atoms with Crippen LogP contribution in [0.1, 0.15) is 22.7 Å². The fourth-order valence-corrected chi connectivity index (χ4v) is 3.86. The van der Waals surface area contributed by atoms with Crippen molar-refractivity contribution in [2.75, 3.05) is 22.9 Å². The molecular weight excluding hydrogens is 414 g/mol. The van der Waals surface area contributed by atoms with Gasteiger partial charge in [-0.1, -0.05) is 66.2 Å². The highest BCUT2D eigenvalue weighted by Gasteiger charge is 2.16. The van der Waals surface area contributed by atoms with Crippen LogP contribution in [0.4, 0.5) is 11.4 Å². The summed E-state index contributed by atoms with van der Waals surface area (Å²) >= 11 is 5.57. The summed E-state index contributed by atoms with van der Waals surface area (Å²) in [7, 11) is -1.82. The number of hydrogen-bond donors (Lipinski definition) is 2. The van der Waals surface area contributed by atoms with E-state index in [1.54, 1.807) is 18.2 Å². The first-order valence-electron chi connectivity index (χ1n) is 9.47. The van der Waals surface area contributed by atoms with Crippen LogP contribution in [0.5, 0.6) is 0 Å². The van der Waals surface area contributed by atoms with Crippen LogP contribution in [0.15, 0.2) is 78.9 Å². The summed E-state index contributed by atoms with van der Waals surface area (Å²) in [4.78, 5) is 0. The lowest BCUT2D eigenvalue weighted by Crippen LogP contribution is -2.33. The van der Waals surface area contributed by atoms with Gasteiger partial charge < -0.3 is 10.6 Å². The number of sulfonamides is 1. The molecule has 1 atom stereocenters. The van der Waals surface area contributed by atoms with E-state index in [9.17, 15) is 8.42 Å². The monoisotopic (exact) mass is 439 g/mol. The van der Waals surface area contributed by atoms with Crippen LogP contribution in [0.2, 0.25) is 0 Å². The summed E-state index contributed by atoms with van der Waals surface area (Å²) in [5.74, 6) is 0. The second-order valence-corrected chi connectivity index (χ2v) is 9.56. The molecule has 0 aliphatic rings. The second-order valence-electron chi connectivity index (χ2n) is 7.14. The smallest absolute Gasteiger partial charge is 0.231 e. The van der Waals surface area contributed by atoms with Crippen molar-refractivity contribution in [3.05, 3.63) is 95.6 Å². The van der Waals surface area contributed by atoms with Gasteiger partial charge in [0, 0.05) is 12.7 Å². The van der Waals surface area contributed by atoms with Crippen molar-refractivity contribution in [3.8, 4) is 0 Å². The summed E-state index contributed by atoms with van der Waals surface area (Å²) in [5.41, 5.74) is 4.64. The van der Waals surface area contributed by atoms with E-state index in [1.807, 2.05) is 30.3 Å². The fourth-order valence-electron chi connectivity index (χ4n) is 3.12. The van der Waals surface area contributed by atoms with Crippen LogP contribution in [0.3, 0.4) is 0 Å². The maximum absolute atomic E-state index is 11.8. The summed E-state index contributed by atoms with van der Waals surface area (Å²) in [6.45, 7) is 2.06. The summed E-state index contributed by atoms with van der Waals surface area (Å²) < 4.78 is 24.9. The molecule has 0 saturated carbocycles. The van der Waals surface area contributed by atoms with Gasteiger partial charge in [-0.25, -0.2) is 8.42 Å². The first kappa shape index (κ1) is 21.8. The van der Waals surface area contributed by atoms with E-state index in [0.29, 0.717) is 16.5 Å². The van der Waals surface area contributed by atoms with Crippen LogP contribution in [-0.2, 0) is 10.0 Å². The van der Waals surface area contributed by atoms with Gasteiger partial charge >= 0.3 is 0 Å². The molecular formula is C23H25N3O2S2. The number of anilines is 2. The van der Waals surface area contributed by atoms with E-state index in [2.05, 4.69) is 47.9 Å². The lowest BCUT2D eigenvalue weighted by Gasteiger charge is -2.23. The molecule has 3 aromatic carbocycles. The summed E-state index contributed by atoms with van der Waals surface area (Å²) in [6, 6.07) is 25.4. The molecule has 0 aliphatic carbocycles. The second kappa shape index (κ2) is 9.28. The first-order valence-corrected chi connectivity index (χ1v) is 11.7. The predicted molar refractivity (Wildman–Crippen MR) is 129 cm³/mol.